The molecule has 0 heterocycles. The Morgan fingerprint density at radius 1 is 1.19 bits per heavy atom. The standard InChI is InChI=1S/C15H17FN2O2S/c1-11-8-13(17)10-14(9-11)21(19,20)18-7-6-12-4-2-3-5-15(12)16/h2-5,8-10,18H,6-7,17H2,1H3. The summed E-state index contributed by atoms with van der Waals surface area (Å²) in [5, 5.41) is 0. The molecule has 2 aromatic rings. The highest BCUT2D eigenvalue weighted by Crippen LogP contribution is 2.16. The molecule has 4 nitrogen and oxygen atoms in total. The molecule has 0 amide bonds. The van der Waals surface area contributed by atoms with Gasteiger partial charge < -0.3 is 5.73 Å². The number of aryl methyl sites for hydroxylation is 1. The molecule has 2 rings (SSSR count). The van der Waals surface area contributed by atoms with Gasteiger partial charge in [0.05, 0.1) is 4.90 Å². The first-order valence-corrected chi connectivity index (χ1v) is 7.97. The first-order valence-electron chi connectivity index (χ1n) is 6.49. The van der Waals surface area contributed by atoms with Crippen molar-refractivity contribution < 1.29 is 12.8 Å². The van der Waals surface area contributed by atoms with Gasteiger partial charge in [-0.05, 0) is 48.7 Å². The zero-order valence-electron chi connectivity index (χ0n) is 11.6. The first kappa shape index (κ1) is 15.5. The second kappa shape index (κ2) is 6.24. The summed E-state index contributed by atoms with van der Waals surface area (Å²) < 4.78 is 40.2. The Kier molecular flexibility index (Phi) is 4.59. The smallest absolute Gasteiger partial charge is 0.240 e. The highest BCUT2D eigenvalue weighted by atomic mass is 32.2. The summed E-state index contributed by atoms with van der Waals surface area (Å²) in [5.74, 6) is -0.337. The monoisotopic (exact) mass is 308 g/mol. The Balaban J connectivity index is 2.06. The second-order valence-corrected chi connectivity index (χ2v) is 6.59. The summed E-state index contributed by atoms with van der Waals surface area (Å²) in [5.41, 5.74) is 7.29. The van der Waals surface area contributed by atoms with Crippen molar-refractivity contribution in [1.82, 2.24) is 4.72 Å². The molecule has 0 aromatic heterocycles. The average molecular weight is 308 g/mol. The number of hydrogen-bond donors (Lipinski definition) is 2. The molecule has 0 saturated carbocycles. The van der Waals surface area contributed by atoms with Gasteiger partial charge >= 0.3 is 0 Å². The summed E-state index contributed by atoms with van der Waals surface area (Å²) in [6.45, 7) is 1.89. The Labute approximate surface area is 123 Å². The lowest BCUT2D eigenvalue weighted by atomic mass is 10.1. The molecule has 0 fully saturated rings. The molecule has 0 unspecified atom stereocenters. The van der Waals surface area contributed by atoms with Gasteiger partial charge in [-0.1, -0.05) is 18.2 Å². The number of anilines is 1. The predicted octanol–water partition coefficient (Wildman–Crippen LogP) is 2.24. The fourth-order valence-corrected chi connectivity index (χ4v) is 3.21. The van der Waals surface area contributed by atoms with Crippen LogP contribution in [0.5, 0.6) is 0 Å². The van der Waals surface area contributed by atoms with Crippen molar-refractivity contribution in [3.05, 3.63) is 59.4 Å². The number of nitrogens with one attached hydrogen (secondary N) is 1. The predicted molar refractivity (Wildman–Crippen MR) is 80.9 cm³/mol. The Bertz CT molecular complexity index is 725. The van der Waals surface area contributed by atoms with Gasteiger partial charge in [0.25, 0.3) is 0 Å². The lowest BCUT2D eigenvalue weighted by molar-refractivity contribution is 0.577. The first-order chi connectivity index (χ1) is 9.88. The van der Waals surface area contributed by atoms with Crippen LogP contribution in [0.4, 0.5) is 10.1 Å². The summed E-state index contributed by atoms with van der Waals surface area (Å²) >= 11 is 0. The number of hydrogen-bond acceptors (Lipinski definition) is 3. The van der Waals surface area contributed by atoms with Crippen LogP contribution in [0.15, 0.2) is 47.4 Å². The third kappa shape index (κ3) is 4.03. The molecule has 0 aliphatic rings. The van der Waals surface area contributed by atoms with Crippen LogP contribution in [0.3, 0.4) is 0 Å². The van der Waals surface area contributed by atoms with Gasteiger partial charge in [0, 0.05) is 12.2 Å². The highest BCUT2D eigenvalue weighted by molar-refractivity contribution is 7.89. The summed E-state index contributed by atoms with van der Waals surface area (Å²) in [7, 11) is -3.64. The number of nitrogen functional groups attached to an aromatic ring is 1. The molecule has 0 atom stereocenters. The number of nitrogens with two attached hydrogens (primary N) is 1. The van der Waals surface area contributed by atoms with Crippen LogP contribution in [0.1, 0.15) is 11.1 Å². The molecule has 3 N–H and O–H groups in total. The minimum absolute atomic E-state index is 0.119. The van der Waals surface area contributed by atoms with E-state index in [4.69, 9.17) is 5.73 Å². The molecule has 0 radical (unpaired) electrons. The van der Waals surface area contributed by atoms with E-state index < -0.39 is 10.0 Å². The van der Waals surface area contributed by atoms with E-state index in [2.05, 4.69) is 4.72 Å². The molecule has 112 valence electrons. The van der Waals surface area contributed by atoms with Crippen molar-refractivity contribution in [3.8, 4) is 0 Å². The van der Waals surface area contributed by atoms with Gasteiger partial charge in [0.1, 0.15) is 5.82 Å². The second-order valence-electron chi connectivity index (χ2n) is 4.82. The minimum Gasteiger partial charge on any atom is -0.399 e. The average Bonchev–Trinajstić information content (AvgIpc) is 2.40. The lowest BCUT2D eigenvalue weighted by Gasteiger charge is -2.09. The largest absolute Gasteiger partial charge is 0.399 e. The molecule has 6 heteroatoms. The number of benzene rings is 2. The Hall–Kier alpha value is -1.92. The van der Waals surface area contributed by atoms with Crippen molar-refractivity contribution >= 4 is 15.7 Å². The van der Waals surface area contributed by atoms with Gasteiger partial charge in [-0.15, -0.1) is 0 Å². The van der Waals surface area contributed by atoms with Gasteiger partial charge in [-0.3, -0.25) is 0 Å². The van der Waals surface area contributed by atoms with E-state index >= 15 is 0 Å². The molecule has 0 aliphatic carbocycles. The van der Waals surface area contributed by atoms with Gasteiger partial charge in [0.15, 0.2) is 0 Å². The maximum atomic E-state index is 13.4. The van der Waals surface area contributed by atoms with E-state index in [-0.39, 0.29) is 23.7 Å². The number of halogens is 1. The van der Waals surface area contributed by atoms with E-state index in [9.17, 15) is 12.8 Å². The third-order valence-electron chi connectivity index (χ3n) is 3.03. The molecule has 0 saturated heterocycles. The highest BCUT2D eigenvalue weighted by Gasteiger charge is 2.14. The van der Waals surface area contributed by atoms with Crippen LogP contribution in [0.25, 0.3) is 0 Å². The van der Waals surface area contributed by atoms with Crippen molar-refractivity contribution in [2.75, 3.05) is 12.3 Å². The number of sulfonamides is 1. The molecule has 21 heavy (non-hydrogen) atoms. The topological polar surface area (TPSA) is 72.2 Å². The number of rotatable bonds is 5. The molecule has 0 aliphatic heterocycles. The fourth-order valence-electron chi connectivity index (χ4n) is 2.04. The molecule has 0 bridgehead atoms. The van der Waals surface area contributed by atoms with E-state index in [1.54, 1.807) is 37.3 Å². The van der Waals surface area contributed by atoms with Gasteiger partial charge in [-0.2, -0.15) is 0 Å². The van der Waals surface area contributed by atoms with Gasteiger partial charge in [0.2, 0.25) is 10.0 Å². The Morgan fingerprint density at radius 2 is 1.90 bits per heavy atom. The lowest BCUT2D eigenvalue weighted by Crippen LogP contribution is -2.26. The summed E-state index contributed by atoms with van der Waals surface area (Å²) in [4.78, 5) is 0.119. The molecular weight excluding hydrogens is 291 g/mol. The fraction of sp³-hybridized carbons (Fsp3) is 0.200. The van der Waals surface area contributed by atoms with E-state index in [0.29, 0.717) is 11.3 Å². The van der Waals surface area contributed by atoms with Crippen molar-refractivity contribution in [2.24, 2.45) is 0 Å². The van der Waals surface area contributed by atoms with Crippen molar-refractivity contribution in [3.63, 3.8) is 0 Å². The Morgan fingerprint density at radius 3 is 2.57 bits per heavy atom. The van der Waals surface area contributed by atoms with Crippen LogP contribution < -0.4 is 10.5 Å². The van der Waals surface area contributed by atoms with E-state index in [0.717, 1.165) is 5.56 Å². The van der Waals surface area contributed by atoms with Crippen LogP contribution in [0.2, 0.25) is 0 Å². The summed E-state index contributed by atoms with van der Waals surface area (Å²) in [6, 6.07) is 10.9. The molecule has 0 spiro atoms. The zero-order chi connectivity index (χ0) is 15.5. The van der Waals surface area contributed by atoms with E-state index in [1.165, 1.54) is 12.1 Å². The summed E-state index contributed by atoms with van der Waals surface area (Å²) in [6.07, 6.45) is 0.285. The quantitative estimate of drug-likeness (QED) is 0.832. The molecule has 2 aromatic carbocycles. The minimum atomic E-state index is -3.64. The van der Waals surface area contributed by atoms with Crippen LogP contribution in [-0.4, -0.2) is 15.0 Å². The maximum Gasteiger partial charge on any atom is 0.240 e. The van der Waals surface area contributed by atoms with Gasteiger partial charge in [-0.25, -0.2) is 17.5 Å². The van der Waals surface area contributed by atoms with E-state index in [1.807, 2.05) is 0 Å². The normalized spacial score (nSPS) is 11.5. The third-order valence-corrected chi connectivity index (χ3v) is 4.47. The van der Waals surface area contributed by atoms with Crippen molar-refractivity contribution in [1.29, 1.82) is 0 Å². The SMILES string of the molecule is Cc1cc(N)cc(S(=O)(=O)NCCc2ccccc2F)c1. The zero-order valence-corrected chi connectivity index (χ0v) is 12.5. The van der Waals surface area contributed by atoms with Crippen LogP contribution >= 0.6 is 0 Å². The molecular formula is C15H17FN2O2S. The van der Waals surface area contributed by atoms with Crippen molar-refractivity contribution in [2.45, 2.75) is 18.2 Å². The maximum absolute atomic E-state index is 13.4. The van der Waals surface area contributed by atoms with Crippen LogP contribution in [0, 0.1) is 12.7 Å². The van der Waals surface area contributed by atoms with Crippen LogP contribution in [-0.2, 0) is 16.4 Å².